The molecular formula is C55H105NO16. The quantitative estimate of drug-likeness (QED) is 0.0433. The maximum Gasteiger partial charge on any atom is 0.311 e. The van der Waals surface area contributed by atoms with E-state index in [9.17, 15) is 39.9 Å². The lowest BCUT2D eigenvalue weighted by Gasteiger charge is -2.49. The zero-order valence-electron chi connectivity index (χ0n) is 47.1. The number of unbranched alkanes of at least 4 members (excludes halogenated alkanes) is 14. The highest BCUT2D eigenvalue weighted by Crippen LogP contribution is 2.41. The monoisotopic (exact) mass is 1040 g/mol. The van der Waals surface area contributed by atoms with Crippen molar-refractivity contribution in [2.75, 3.05) is 21.2 Å². The standard InChI is InChI=1S/C37H67NO13.C18H36O2.H2O/c1-14-25-37(10,45)30(41)20(4)27(39)18(2)16-35(8,44)32(51-34-28(40)24(38(11)12)15-19(3)47-34)21(5)29(22(6)33(43)49-25)50-26-17-36(9,46-13)31(42)23(7)48-26;1-2-3-4-5-6-7-8-9-10-11-12-13-14-15-16-17-18(19)20;/h18-26,28-32,34,40-42,44-45H,14-17H2,1-13H3;2-17H2,1H3,(H,19,20);1H2/t18-,19-,20+,21+,22-,23+,24+,25-,26+,28-,29+,30-,31+,32-,34+,35-,36-,37-;;/m1../s1. The number of carbonyl (C=O) groups is 3. The molecule has 0 bridgehead atoms. The molecule has 17 heteroatoms. The molecule has 0 saturated carbocycles. The van der Waals surface area contributed by atoms with Crippen LogP contribution < -0.4 is 0 Å². The number of aliphatic hydroxyl groups excluding tert-OH is 3. The summed E-state index contributed by atoms with van der Waals surface area (Å²) in [5.41, 5.74) is -4.84. The highest BCUT2D eigenvalue weighted by Gasteiger charge is 2.53. The highest BCUT2D eigenvalue weighted by molar-refractivity contribution is 5.83. The van der Waals surface area contributed by atoms with E-state index in [4.69, 9.17) is 33.5 Å². The maximum atomic E-state index is 14.1. The average Bonchev–Trinajstić information content (AvgIpc) is 3.31. The number of hydrogen-bond acceptors (Lipinski definition) is 15. The fourth-order valence-electron chi connectivity index (χ4n) is 11.1. The Kier molecular flexibility index (Phi) is 30.9. The van der Waals surface area contributed by atoms with E-state index in [2.05, 4.69) is 6.92 Å². The molecule has 0 aromatic heterocycles. The van der Waals surface area contributed by atoms with Crippen molar-refractivity contribution in [1.29, 1.82) is 0 Å². The number of carboxylic acids is 1. The number of hydrogen-bond donors (Lipinski definition) is 6. The van der Waals surface area contributed by atoms with Gasteiger partial charge in [-0.25, -0.2) is 0 Å². The molecule has 0 spiro atoms. The summed E-state index contributed by atoms with van der Waals surface area (Å²) in [4.78, 5) is 40.1. The van der Waals surface area contributed by atoms with Crippen LogP contribution in [-0.4, -0.2) is 164 Å². The van der Waals surface area contributed by atoms with Gasteiger partial charge in [0.1, 0.15) is 29.7 Å². The summed E-state index contributed by atoms with van der Waals surface area (Å²) >= 11 is 0. The van der Waals surface area contributed by atoms with E-state index >= 15 is 0 Å². The number of ketones is 1. The topological polar surface area (TPSA) is 263 Å². The van der Waals surface area contributed by atoms with Gasteiger partial charge < -0.3 is 69.4 Å². The van der Waals surface area contributed by atoms with Gasteiger partial charge in [-0.1, -0.05) is 125 Å². The molecule has 426 valence electrons. The summed E-state index contributed by atoms with van der Waals surface area (Å²) in [6.07, 6.45) is 10.5. The van der Waals surface area contributed by atoms with Gasteiger partial charge in [-0.15, -0.1) is 0 Å². The third-order valence-electron chi connectivity index (χ3n) is 15.8. The molecular weight excluding hydrogens is 931 g/mol. The normalized spacial score (nSPS) is 38.2. The minimum atomic E-state index is -1.99. The van der Waals surface area contributed by atoms with E-state index < -0.39 is 114 Å². The number of rotatable bonds is 23. The Morgan fingerprint density at radius 1 is 0.736 bits per heavy atom. The van der Waals surface area contributed by atoms with Crippen LogP contribution in [0, 0.1) is 23.7 Å². The van der Waals surface area contributed by atoms with E-state index in [1.165, 1.54) is 111 Å². The Labute approximate surface area is 434 Å². The Morgan fingerprint density at radius 3 is 1.72 bits per heavy atom. The molecule has 18 atom stereocenters. The first-order chi connectivity index (χ1) is 33.2. The number of carboxylic acid groups (broad SMARTS) is 1. The molecule has 3 aliphatic rings. The second-order valence-electron chi connectivity index (χ2n) is 22.6. The summed E-state index contributed by atoms with van der Waals surface area (Å²) in [6, 6.07) is -0.324. The molecule has 0 radical (unpaired) electrons. The number of aliphatic hydroxyl groups is 5. The maximum absolute atomic E-state index is 14.1. The van der Waals surface area contributed by atoms with Crippen molar-refractivity contribution in [3.8, 4) is 0 Å². The minimum Gasteiger partial charge on any atom is -0.481 e. The molecule has 3 saturated heterocycles. The molecule has 3 fully saturated rings. The molecule has 0 unspecified atom stereocenters. The lowest BCUT2D eigenvalue weighted by atomic mass is 9.74. The molecule has 3 aliphatic heterocycles. The van der Waals surface area contributed by atoms with Gasteiger partial charge in [-0.05, 0) is 81.3 Å². The van der Waals surface area contributed by atoms with Crippen LogP contribution in [0.4, 0.5) is 0 Å². The van der Waals surface area contributed by atoms with Crippen molar-refractivity contribution in [1.82, 2.24) is 4.90 Å². The Bertz CT molecular complexity index is 1530. The van der Waals surface area contributed by atoms with Crippen LogP contribution in [0.25, 0.3) is 0 Å². The van der Waals surface area contributed by atoms with Crippen LogP contribution in [0.15, 0.2) is 0 Å². The number of nitrogens with zero attached hydrogens (tertiary/aromatic N) is 1. The predicted molar refractivity (Wildman–Crippen MR) is 277 cm³/mol. The summed E-state index contributed by atoms with van der Waals surface area (Å²) < 4.78 is 37.1. The van der Waals surface area contributed by atoms with Crippen LogP contribution >= 0.6 is 0 Å². The summed E-state index contributed by atoms with van der Waals surface area (Å²) in [7, 11) is 5.18. The molecule has 3 rings (SSSR count). The van der Waals surface area contributed by atoms with Crippen LogP contribution in [0.5, 0.6) is 0 Å². The van der Waals surface area contributed by atoms with E-state index in [0.29, 0.717) is 12.8 Å². The second-order valence-corrected chi connectivity index (χ2v) is 22.6. The fraction of sp³-hybridized carbons (Fsp3) is 0.945. The van der Waals surface area contributed by atoms with Gasteiger partial charge in [0.25, 0.3) is 0 Å². The molecule has 3 heterocycles. The smallest absolute Gasteiger partial charge is 0.311 e. The number of ether oxygens (including phenoxy) is 6. The number of likely N-dealkylation sites (N-methyl/N-ethyl adjacent to an activating group) is 1. The highest BCUT2D eigenvalue weighted by atomic mass is 16.7. The van der Waals surface area contributed by atoms with Gasteiger partial charge in [0.05, 0.1) is 47.6 Å². The lowest BCUT2D eigenvalue weighted by Crippen LogP contribution is -2.61. The van der Waals surface area contributed by atoms with Gasteiger partial charge in [-0.2, -0.15) is 0 Å². The molecule has 72 heavy (non-hydrogen) atoms. The predicted octanol–water partition coefficient (Wildman–Crippen LogP) is 7.29. The first-order valence-electron chi connectivity index (χ1n) is 27.5. The van der Waals surface area contributed by atoms with Crippen LogP contribution in [-0.2, 0) is 42.8 Å². The molecule has 17 nitrogen and oxygen atoms in total. The Morgan fingerprint density at radius 2 is 1.25 bits per heavy atom. The van der Waals surface area contributed by atoms with Crippen molar-refractivity contribution in [3.63, 3.8) is 0 Å². The van der Waals surface area contributed by atoms with Crippen molar-refractivity contribution in [2.45, 2.75) is 289 Å². The molecule has 0 amide bonds. The number of aliphatic carboxylic acids is 1. The van der Waals surface area contributed by atoms with Crippen molar-refractivity contribution >= 4 is 17.7 Å². The average molecular weight is 1040 g/mol. The SMILES string of the molecule is CCCCCCCCCCCCCCCCCC(=O)O.CC[C@H]1OC(=O)[C@H](C)[C@@H](O[C@H]2C[C@@](C)(OC)[C@@H](O)[C@H](C)O2)[C@H](C)[C@@H](O[C@@H]2O[C@H](C)C[C@H](N(C)C)[C@H]2O)[C@](C)(O)C[C@@H](C)C(=O)[C@H](C)[C@@H](O)[C@]1(C)O.O. The fourth-order valence-corrected chi connectivity index (χ4v) is 11.1. The van der Waals surface area contributed by atoms with Crippen molar-refractivity contribution in [2.24, 2.45) is 23.7 Å². The Balaban J connectivity index is 0.00000104. The zero-order chi connectivity index (χ0) is 53.9. The van der Waals surface area contributed by atoms with Gasteiger partial charge >= 0.3 is 11.9 Å². The lowest BCUT2D eigenvalue weighted by molar-refractivity contribution is -0.318. The van der Waals surface area contributed by atoms with Gasteiger partial charge in [0.15, 0.2) is 12.6 Å². The van der Waals surface area contributed by atoms with Crippen LogP contribution in [0.1, 0.15) is 205 Å². The summed E-state index contributed by atoms with van der Waals surface area (Å²) in [5.74, 6) is -5.63. The third-order valence-corrected chi connectivity index (χ3v) is 15.8. The minimum absolute atomic E-state index is 0. The molecule has 0 aromatic carbocycles. The number of methoxy groups -OCH3 is 1. The molecule has 8 N–H and O–H groups in total. The first-order valence-corrected chi connectivity index (χ1v) is 27.5. The number of cyclic esters (lactones) is 1. The van der Waals surface area contributed by atoms with Crippen molar-refractivity contribution in [3.05, 3.63) is 0 Å². The zero-order valence-corrected chi connectivity index (χ0v) is 47.1. The van der Waals surface area contributed by atoms with Gasteiger partial charge in [0.2, 0.25) is 0 Å². The number of Topliss-reactive ketones (excluding diaryl/α,β-unsaturated/α-hetero) is 1. The number of esters is 1. The van der Waals surface area contributed by atoms with E-state index in [-0.39, 0.29) is 36.9 Å². The van der Waals surface area contributed by atoms with Gasteiger partial charge in [0, 0.05) is 43.7 Å². The third kappa shape index (κ3) is 20.6. The van der Waals surface area contributed by atoms with Crippen LogP contribution in [0.2, 0.25) is 0 Å². The molecule has 0 aromatic rings. The summed E-state index contributed by atoms with van der Waals surface area (Å²) in [5, 5.41) is 66.1. The van der Waals surface area contributed by atoms with Crippen molar-refractivity contribution < 1.29 is 78.9 Å². The Hall–Kier alpha value is -1.87. The molecule has 0 aliphatic carbocycles. The van der Waals surface area contributed by atoms with Gasteiger partial charge in [-0.3, -0.25) is 14.4 Å². The second kappa shape index (κ2) is 32.7. The van der Waals surface area contributed by atoms with E-state index in [0.717, 1.165) is 12.8 Å². The van der Waals surface area contributed by atoms with Crippen LogP contribution in [0.3, 0.4) is 0 Å². The summed E-state index contributed by atoms with van der Waals surface area (Å²) in [6.45, 7) is 18.6. The first kappa shape index (κ1) is 68.1. The van der Waals surface area contributed by atoms with E-state index in [1.807, 2.05) is 25.9 Å². The van der Waals surface area contributed by atoms with E-state index in [1.54, 1.807) is 41.5 Å². The largest absolute Gasteiger partial charge is 0.481 e. The number of carbonyl (C=O) groups excluding carboxylic acids is 2.